The molecule has 0 saturated carbocycles. The number of hydrogen-bond donors (Lipinski definition) is 1. The summed E-state index contributed by atoms with van der Waals surface area (Å²) < 4.78 is 2.00. The third-order valence-electron chi connectivity index (χ3n) is 2.75. The molecule has 1 aromatic rings. The minimum atomic E-state index is 0.400. The summed E-state index contributed by atoms with van der Waals surface area (Å²) in [4.78, 5) is 4.30. The van der Waals surface area contributed by atoms with Gasteiger partial charge in [-0.15, -0.1) is 0 Å². The molecule has 1 heterocycles. The zero-order chi connectivity index (χ0) is 11.3. The van der Waals surface area contributed by atoms with E-state index in [1.807, 2.05) is 11.7 Å². The van der Waals surface area contributed by atoms with Crippen molar-refractivity contribution in [1.82, 2.24) is 20.1 Å². The first-order valence-electron chi connectivity index (χ1n) is 5.74. The smallest absolute Gasteiger partial charge is 0.138 e. The molecule has 15 heavy (non-hydrogen) atoms. The minimum absolute atomic E-state index is 0.400. The van der Waals surface area contributed by atoms with E-state index in [2.05, 4.69) is 36.2 Å². The van der Waals surface area contributed by atoms with Gasteiger partial charge in [-0.25, -0.2) is 9.67 Å². The maximum Gasteiger partial charge on any atom is 0.138 e. The van der Waals surface area contributed by atoms with Crippen LogP contribution in [-0.4, -0.2) is 27.9 Å². The maximum atomic E-state index is 4.30. The Morgan fingerprint density at radius 1 is 1.47 bits per heavy atom. The predicted molar refractivity (Wildman–Crippen MR) is 61.9 cm³/mol. The molecule has 0 bridgehead atoms. The molecule has 4 heteroatoms. The quantitative estimate of drug-likeness (QED) is 0.778. The fourth-order valence-electron chi connectivity index (χ4n) is 1.74. The molecule has 0 fully saturated rings. The molecule has 0 aliphatic rings. The van der Waals surface area contributed by atoms with Gasteiger partial charge < -0.3 is 5.32 Å². The summed E-state index contributed by atoms with van der Waals surface area (Å²) in [5.41, 5.74) is 0. The lowest BCUT2D eigenvalue weighted by Crippen LogP contribution is -2.25. The molecule has 4 nitrogen and oxygen atoms in total. The van der Waals surface area contributed by atoms with Crippen LogP contribution in [0.2, 0.25) is 0 Å². The molecule has 0 aliphatic carbocycles. The molecule has 0 aromatic carbocycles. The Labute approximate surface area is 92.1 Å². The van der Waals surface area contributed by atoms with Crippen molar-refractivity contribution in [2.75, 3.05) is 7.05 Å². The summed E-state index contributed by atoms with van der Waals surface area (Å²) in [5.74, 6) is 1.10. The Hall–Kier alpha value is -0.900. The molecule has 1 atom stereocenters. The van der Waals surface area contributed by atoms with Gasteiger partial charge in [0.2, 0.25) is 0 Å². The highest BCUT2D eigenvalue weighted by Crippen LogP contribution is 2.09. The first kappa shape index (κ1) is 12.2. The highest BCUT2D eigenvalue weighted by atomic mass is 15.3. The van der Waals surface area contributed by atoms with Crippen molar-refractivity contribution < 1.29 is 0 Å². The van der Waals surface area contributed by atoms with E-state index in [1.54, 1.807) is 6.33 Å². The third kappa shape index (κ3) is 3.30. The van der Waals surface area contributed by atoms with E-state index in [1.165, 1.54) is 0 Å². The van der Waals surface area contributed by atoms with Crippen LogP contribution in [0.5, 0.6) is 0 Å². The number of aromatic nitrogens is 3. The summed E-state index contributed by atoms with van der Waals surface area (Å²) in [5, 5.41) is 7.54. The van der Waals surface area contributed by atoms with Crippen LogP contribution >= 0.6 is 0 Å². The van der Waals surface area contributed by atoms with Crippen LogP contribution in [0.25, 0.3) is 0 Å². The van der Waals surface area contributed by atoms with Gasteiger partial charge in [0.25, 0.3) is 0 Å². The molecule has 1 N–H and O–H groups in total. The van der Waals surface area contributed by atoms with Crippen LogP contribution in [0.1, 0.15) is 45.5 Å². The fourth-order valence-corrected chi connectivity index (χ4v) is 1.74. The number of hydrogen-bond acceptors (Lipinski definition) is 3. The first-order chi connectivity index (χ1) is 7.19. The van der Waals surface area contributed by atoms with Gasteiger partial charge in [-0.2, -0.15) is 5.10 Å². The second-order valence-corrected chi connectivity index (χ2v) is 4.15. The van der Waals surface area contributed by atoms with Crippen LogP contribution in [-0.2, 0) is 6.42 Å². The molecule has 0 spiro atoms. The van der Waals surface area contributed by atoms with Crippen LogP contribution in [0.4, 0.5) is 0 Å². The summed E-state index contributed by atoms with van der Waals surface area (Å²) in [7, 11) is 2.02. The molecule has 0 saturated heterocycles. The van der Waals surface area contributed by atoms with Gasteiger partial charge >= 0.3 is 0 Å². The SMILES string of the molecule is CCC(CCc1ncnn1C(C)C)NC. The number of nitrogens with one attached hydrogen (secondary N) is 1. The average Bonchev–Trinajstić information content (AvgIpc) is 2.67. The average molecular weight is 210 g/mol. The van der Waals surface area contributed by atoms with Crippen molar-refractivity contribution in [1.29, 1.82) is 0 Å². The lowest BCUT2D eigenvalue weighted by atomic mass is 10.1. The van der Waals surface area contributed by atoms with Crippen molar-refractivity contribution in [3.05, 3.63) is 12.2 Å². The zero-order valence-electron chi connectivity index (χ0n) is 10.2. The normalized spacial score (nSPS) is 13.4. The van der Waals surface area contributed by atoms with E-state index < -0.39 is 0 Å². The van der Waals surface area contributed by atoms with Crippen molar-refractivity contribution in [3.63, 3.8) is 0 Å². The van der Waals surface area contributed by atoms with Gasteiger partial charge in [0.1, 0.15) is 12.2 Å². The van der Waals surface area contributed by atoms with E-state index in [0.29, 0.717) is 12.1 Å². The van der Waals surface area contributed by atoms with Crippen LogP contribution in [0, 0.1) is 0 Å². The van der Waals surface area contributed by atoms with Crippen LogP contribution < -0.4 is 5.32 Å². The summed E-state index contributed by atoms with van der Waals surface area (Å²) in [6.45, 7) is 6.47. The van der Waals surface area contributed by atoms with E-state index in [-0.39, 0.29) is 0 Å². The largest absolute Gasteiger partial charge is 0.317 e. The van der Waals surface area contributed by atoms with Crippen molar-refractivity contribution in [2.24, 2.45) is 0 Å². The van der Waals surface area contributed by atoms with Gasteiger partial charge in [0.05, 0.1) is 0 Å². The highest BCUT2D eigenvalue weighted by molar-refractivity contribution is 4.87. The Morgan fingerprint density at radius 2 is 2.20 bits per heavy atom. The molecule has 0 radical (unpaired) electrons. The van der Waals surface area contributed by atoms with Gasteiger partial charge in [-0.1, -0.05) is 6.92 Å². The van der Waals surface area contributed by atoms with Crippen molar-refractivity contribution in [2.45, 2.75) is 52.1 Å². The standard InChI is InChI=1S/C11H22N4/c1-5-10(12-4)6-7-11-13-8-14-15(11)9(2)3/h8-10,12H,5-7H2,1-4H3. The predicted octanol–water partition coefficient (Wildman–Crippen LogP) is 1.79. The zero-order valence-corrected chi connectivity index (χ0v) is 10.2. The lowest BCUT2D eigenvalue weighted by molar-refractivity contribution is 0.466. The van der Waals surface area contributed by atoms with E-state index in [4.69, 9.17) is 0 Å². The minimum Gasteiger partial charge on any atom is -0.317 e. The van der Waals surface area contributed by atoms with Crippen LogP contribution in [0.15, 0.2) is 6.33 Å². The molecular weight excluding hydrogens is 188 g/mol. The van der Waals surface area contributed by atoms with E-state index in [0.717, 1.165) is 25.1 Å². The fraction of sp³-hybridized carbons (Fsp3) is 0.818. The first-order valence-corrected chi connectivity index (χ1v) is 5.74. The molecular formula is C11H22N4. The number of aryl methyl sites for hydroxylation is 1. The molecule has 1 rings (SSSR count). The van der Waals surface area contributed by atoms with Gasteiger partial charge in [-0.05, 0) is 33.7 Å². The molecule has 1 aromatic heterocycles. The maximum absolute atomic E-state index is 4.30. The molecule has 1 unspecified atom stereocenters. The third-order valence-corrected chi connectivity index (χ3v) is 2.75. The topological polar surface area (TPSA) is 42.7 Å². The summed E-state index contributed by atoms with van der Waals surface area (Å²) >= 11 is 0. The van der Waals surface area contributed by atoms with Crippen molar-refractivity contribution >= 4 is 0 Å². The lowest BCUT2D eigenvalue weighted by Gasteiger charge is -2.14. The highest BCUT2D eigenvalue weighted by Gasteiger charge is 2.09. The summed E-state index contributed by atoms with van der Waals surface area (Å²) in [6.07, 6.45) is 4.93. The molecule has 86 valence electrons. The Bertz CT molecular complexity index is 276. The monoisotopic (exact) mass is 210 g/mol. The van der Waals surface area contributed by atoms with Crippen LogP contribution in [0.3, 0.4) is 0 Å². The molecule has 0 amide bonds. The number of nitrogens with zero attached hydrogens (tertiary/aromatic N) is 3. The number of rotatable bonds is 6. The molecule has 0 aliphatic heterocycles. The van der Waals surface area contributed by atoms with Gasteiger partial charge in [0.15, 0.2) is 0 Å². The Morgan fingerprint density at radius 3 is 2.73 bits per heavy atom. The Kier molecular flexibility index (Phi) is 4.75. The van der Waals surface area contributed by atoms with E-state index in [9.17, 15) is 0 Å². The second kappa shape index (κ2) is 5.85. The Balaban J connectivity index is 2.53. The van der Waals surface area contributed by atoms with Crippen molar-refractivity contribution in [3.8, 4) is 0 Å². The summed E-state index contributed by atoms with van der Waals surface area (Å²) in [6, 6.07) is 0.986. The van der Waals surface area contributed by atoms with Gasteiger partial charge in [-0.3, -0.25) is 0 Å². The second-order valence-electron chi connectivity index (χ2n) is 4.15. The van der Waals surface area contributed by atoms with E-state index >= 15 is 0 Å². The van der Waals surface area contributed by atoms with Gasteiger partial charge in [0, 0.05) is 18.5 Å².